The maximum absolute atomic E-state index is 11.9. The molecule has 0 atom stereocenters. The molecule has 0 aliphatic heterocycles. The van der Waals surface area contributed by atoms with Crippen LogP contribution in [0.1, 0.15) is 31.5 Å². The van der Waals surface area contributed by atoms with Crippen LogP contribution in [0.2, 0.25) is 0 Å². The van der Waals surface area contributed by atoms with Gasteiger partial charge in [0.15, 0.2) is 5.13 Å². The van der Waals surface area contributed by atoms with E-state index < -0.39 is 0 Å². The number of amides is 2. The number of nitrogens with zero attached hydrogens (tertiary/aromatic N) is 1. The van der Waals surface area contributed by atoms with Gasteiger partial charge in [0.05, 0.1) is 12.1 Å². The quantitative estimate of drug-likeness (QED) is 0.710. The molecule has 0 saturated carbocycles. The van der Waals surface area contributed by atoms with Gasteiger partial charge in [-0.15, -0.1) is 11.3 Å². The van der Waals surface area contributed by atoms with Crippen molar-refractivity contribution in [1.29, 1.82) is 0 Å². The van der Waals surface area contributed by atoms with Gasteiger partial charge >= 0.3 is 0 Å². The lowest BCUT2D eigenvalue weighted by Crippen LogP contribution is -2.27. The molecule has 2 aromatic rings. The normalized spacial score (nSPS) is 11.0. The molecule has 0 saturated heterocycles. The fraction of sp³-hybridized carbons (Fsp3) is 0.316. The molecule has 0 fully saturated rings. The number of hydrogen-bond acceptors (Lipinski definition) is 4. The standard InChI is InChI=1S/C19H23N3O2S/c1-14(2)10-11-20-18(24)12-16-13-25-19(21-16)22-17(23)9-8-15-6-4-3-5-7-15/h3-9,13-14H,10-12H2,1-2H3,(H,20,24)(H,21,22,23)/b9-8+. The third-order valence-electron chi connectivity index (χ3n) is 3.39. The Labute approximate surface area is 152 Å². The van der Waals surface area contributed by atoms with Gasteiger partial charge in [-0.2, -0.15) is 0 Å². The average Bonchev–Trinajstić information content (AvgIpc) is 3.00. The SMILES string of the molecule is CC(C)CCNC(=O)Cc1csc(NC(=O)/C=C/c2ccccc2)n1. The summed E-state index contributed by atoms with van der Waals surface area (Å²) in [5, 5.41) is 7.88. The zero-order valence-corrected chi connectivity index (χ0v) is 15.3. The predicted molar refractivity (Wildman–Crippen MR) is 102 cm³/mol. The van der Waals surface area contributed by atoms with Gasteiger partial charge in [0, 0.05) is 18.0 Å². The molecule has 0 aliphatic carbocycles. The molecule has 0 spiro atoms. The Balaban J connectivity index is 1.79. The van der Waals surface area contributed by atoms with Crippen molar-refractivity contribution in [3.05, 3.63) is 53.0 Å². The molecule has 2 N–H and O–H groups in total. The summed E-state index contributed by atoms with van der Waals surface area (Å²) in [6, 6.07) is 9.59. The zero-order chi connectivity index (χ0) is 18.1. The first-order chi connectivity index (χ1) is 12.0. The first-order valence-electron chi connectivity index (χ1n) is 8.28. The van der Waals surface area contributed by atoms with E-state index >= 15 is 0 Å². The van der Waals surface area contributed by atoms with Crippen LogP contribution in [-0.4, -0.2) is 23.3 Å². The van der Waals surface area contributed by atoms with Crippen molar-refractivity contribution in [2.24, 2.45) is 5.92 Å². The van der Waals surface area contributed by atoms with Crippen LogP contribution in [0, 0.1) is 5.92 Å². The van der Waals surface area contributed by atoms with Crippen LogP contribution < -0.4 is 10.6 Å². The van der Waals surface area contributed by atoms with Crippen molar-refractivity contribution < 1.29 is 9.59 Å². The zero-order valence-electron chi connectivity index (χ0n) is 14.5. The van der Waals surface area contributed by atoms with E-state index in [1.54, 1.807) is 11.5 Å². The van der Waals surface area contributed by atoms with Crippen LogP contribution >= 0.6 is 11.3 Å². The number of rotatable bonds is 8. The highest BCUT2D eigenvalue weighted by molar-refractivity contribution is 7.14. The third-order valence-corrected chi connectivity index (χ3v) is 4.20. The van der Waals surface area contributed by atoms with Crippen LogP contribution in [-0.2, 0) is 16.0 Å². The van der Waals surface area contributed by atoms with E-state index in [-0.39, 0.29) is 18.2 Å². The number of nitrogens with one attached hydrogen (secondary N) is 2. The Hall–Kier alpha value is -2.47. The van der Waals surface area contributed by atoms with E-state index in [0.717, 1.165) is 12.0 Å². The van der Waals surface area contributed by atoms with E-state index in [1.807, 2.05) is 30.3 Å². The number of carbonyl (C=O) groups is 2. The van der Waals surface area contributed by atoms with Crippen molar-refractivity contribution in [2.75, 3.05) is 11.9 Å². The number of hydrogen-bond donors (Lipinski definition) is 2. The molecule has 0 radical (unpaired) electrons. The largest absolute Gasteiger partial charge is 0.356 e. The summed E-state index contributed by atoms with van der Waals surface area (Å²) in [5.41, 5.74) is 1.62. The fourth-order valence-electron chi connectivity index (χ4n) is 2.06. The molecule has 25 heavy (non-hydrogen) atoms. The lowest BCUT2D eigenvalue weighted by Gasteiger charge is -2.05. The lowest BCUT2D eigenvalue weighted by molar-refractivity contribution is -0.120. The predicted octanol–water partition coefficient (Wildman–Crippen LogP) is 3.50. The van der Waals surface area contributed by atoms with Crippen molar-refractivity contribution >= 4 is 34.4 Å². The van der Waals surface area contributed by atoms with Gasteiger partial charge in [-0.25, -0.2) is 4.98 Å². The molecule has 1 aromatic heterocycles. The van der Waals surface area contributed by atoms with Gasteiger partial charge in [0.25, 0.3) is 0 Å². The third kappa shape index (κ3) is 7.30. The number of carbonyl (C=O) groups excluding carboxylic acids is 2. The first kappa shape index (κ1) is 18.9. The molecular formula is C19H23N3O2S. The fourth-order valence-corrected chi connectivity index (χ4v) is 2.77. The highest BCUT2D eigenvalue weighted by Crippen LogP contribution is 2.16. The van der Waals surface area contributed by atoms with Crippen molar-refractivity contribution in [1.82, 2.24) is 10.3 Å². The second kappa shape index (κ2) is 9.74. The summed E-state index contributed by atoms with van der Waals surface area (Å²) >= 11 is 1.31. The molecular weight excluding hydrogens is 334 g/mol. The maximum Gasteiger partial charge on any atom is 0.250 e. The van der Waals surface area contributed by atoms with Gasteiger partial charge in [0.2, 0.25) is 11.8 Å². The van der Waals surface area contributed by atoms with Crippen molar-refractivity contribution in [2.45, 2.75) is 26.7 Å². The van der Waals surface area contributed by atoms with Gasteiger partial charge in [-0.1, -0.05) is 44.2 Å². The van der Waals surface area contributed by atoms with Crippen molar-refractivity contribution in [3.8, 4) is 0 Å². The summed E-state index contributed by atoms with van der Waals surface area (Å²) in [6.45, 7) is 4.91. The molecule has 5 nitrogen and oxygen atoms in total. The van der Waals surface area contributed by atoms with Crippen LogP contribution in [0.15, 0.2) is 41.8 Å². The first-order valence-corrected chi connectivity index (χ1v) is 9.16. The smallest absolute Gasteiger partial charge is 0.250 e. The summed E-state index contributed by atoms with van der Waals surface area (Å²) in [4.78, 5) is 28.0. The van der Waals surface area contributed by atoms with Gasteiger partial charge in [-0.3, -0.25) is 14.9 Å². The van der Waals surface area contributed by atoms with E-state index in [9.17, 15) is 9.59 Å². The molecule has 132 valence electrons. The van der Waals surface area contributed by atoms with E-state index in [0.29, 0.717) is 23.3 Å². The van der Waals surface area contributed by atoms with Gasteiger partial charge in [-0.05, 0) is 24.0 Å². The second-order valence-corrected chi connectivity index (χ2v) is 6.94. The Bertz CT molecular complexity index is 723. The highest BCUT2D eigenvalue weighted by atomic mass is 32.1. The second-order valence-electron chi connectivity index (χ2n) is 6.09. The molecule has 1 aromatic carbocycles. The van der Waals surface area contributed by atoms with Crippen LogP contribution in [0.25, 0.3) is 6.08 Å². The van der Waals surface area contributed by atoms with E-state index in [4.69, 9.17) is 0 Å². The minimum atomic E-state index is -0.244. The highest BCUT2D eigenvalue weighted by Gasteiger charge is 2.09. The van der Waals surface area contributed by atoms with Crippen LogP contribution in [0.4, 0.5) is 5.13 Å². The molecule has 6 heteroatoms. The topological polar surface area (TPSA) is 71.1 Å². The summed E-state index contributed by atoms with van der Waals surface area (Å²) in [5.74, 6) is 0.268. The molecule has 0 bridgehead atoms. The maximum atomic E-state index is 11.9. The summed E-state index contributed by atoms with van der Waals surface area (Å²) in [7, 11) is 0. The number of thiazole rings is 1. The number of aromatic nitrogens is 1. The number of benzene rings is 1. The Kier molecular flexibility index (Phi) is 7.35. The average molecular weight is 357 g/mol. The monoisotopic (exact) mass is 357 g/mol. The van der Waals surface area contributed by atoms with Crippen LogP contribution in [0.5, 0.6) is 0 Å². The Morgan fingerprint density at radius 2 is 2.00 bits per heavy atom. The number of anilines is 1. The Morgan fingerprint density at radius 3 is 2.72 bits per heavy atom. The van der Waals surface area contributed by atoms with E-state index in [1.165, 1.54) is 17.4 Å². The summed E-state index contributed by atoms with van der Waals surface area (Å²) in [6.07, 6.45) is 4.39. The van der Waals surface area contributed by atoms with Gasteiger partial charge in [0.1, 0.15) is 0 Å². The molecule has 0 aliphatic rings. The Morgan fingerprint density at radius 1 is 1.24 bits per heavy atom. The van der Waals surface area contributed by atoms with Gasteiger partial charge < -0.3 is 5.32 Å². The minimum Gasteiger partial charge on any atom is -0.356 e. The van der Waals surface area contributed by atoms with E-state index in [2.05, 4.69) is 29.5 Å². The van der Waals surface area contributed by atoms with Crippen LogP contribution in [0.3, 0.4) is 0 Å². The summed E-state index contributed by atoms with van der Waals surface area (Å²) < 4.78 is 0. The molecule has 1 heterocycles. The lowest BCUT2D eigenvalue weighted by atomic mass is 10.1. The molecule has 2 amide bonds. The van der Waals surface area contributed by atoms with Crippen molar-refractivity contribution in [3.63, 3.8) is 0 Å². The molecule has 0 unspecified atom stereocenters. The molecule has 2 rings (SSSR count). The minimum absolute atomic E-state index is 0.0483.